The molecule has 0 aromatic heterocycles. The Bertz CT molecular complexity index is 678. The number of rotatable bonds is 6. The van der Waals surface area contributed by atoms with Crippen LogP contribution in [0.4, 0.5) is 0 Å². The Kier molecular flexibility index (Phi) is 4.63. The second-order valence-electron chi connectivity index (χ2n) is 8.47. The fraction of sp³-hybridized carbons (Fsp3) is 0.619. The van der Waals surface area contributed by atoms with Gasteiger partial charge >= 0.3 is 0 Å². The van der Waals surface area contributed by atoms with E-state index in [1.807, 2.05) is 18.2 Å². The zero-order chi connectivity index (χ0) is 18.1. The Morgan fingerprint density at radius 3 is 2.38 bits per heavy atom. The first-order valence-electron chi connectivity index (χ1n) is 9.64. The lowest BCUT2D eigenvalue weighted by molar-refractivity contribution is -0.129. The van der Waals surface area contributed by atoms with Crippen LogP contribution in [-0.4, -0.2) is 26.3 Å². The van der Waals surface area contributed by atoms with Gasteiger partial charge in [-0.25, -0.2) is 5.43 Å². The Morgan fingerprint density at radius 2 is 1.81 bits per heavy atom. The van der Waals surface area contributed by atoms with Gasteiger partial charge in [0.15, 0.2) is 11.5 Å². The van der Waals surface area contributed by atoms with Crippen molar-refractivity contribution in [1.29, 1.82) is 0 Å². The van der Waals surface area contributed by atoms with Gasteiger partial charge in [0.25, 0.3) is 0 Å². The third-order valence-corrected chi connectivity index (χ3v) is 6.53. The molecule has 0 aliphatic heterocycles. The Hall–Kier alpha value is -2.04. The minimum atomic E-state index is 0.0325. The van der Waals surface area contributed by atoms with Crippen LogP contribution in [0.3, 0.4) is 0 Å². The van der Waals surface area contributed by atoms with Crippen LogP contribution in [0.5, 0.6) is 11.5 Å². The van der Waals surface area contributed by atoms with Crippen LogP contribution >= 0.6 is 0 Å². The molecular formula is C21H28N2O3. The van der Waals surface area contributed by atoms with Crippen molar-refractivity contribution in [3.8, 4) is 11.5 Å². The van der Waals surface area contributed by atoms with Crippen molar-refractivity contribution in [3.63, 3.8) is 0 Å². The minimum Gasteiger partial charge on any atom is -0.493 e. The third kappa shape index (κ3) is 3.31. The highest BCUT2D eigenvalue weighted by Gasteiger charge is 2.51. The molecule has 1 aromatic rings. The number of ether oxygens (including phenoxy) is 2. The van der Waals surface area contributed by atoms with Crippen LogP contribution in [-0.2, 0) is 4.79 Å². The molecule has 4 aliphatic rings. The normalized spacial score (nSPS) is 32.0. The van der Waals surface area contributed by atoms with Crippen molar-refractivity contribution in [2.45, 2.75) is 44.9 Å². The first kappa shape index (κ1) is 17.4. The summed E-state index contributed by atoms with van der Waals surface area (Å²) >= 11 is 0. The summed E-state index contributed by atoms with van der Waals surface area (Å²) < 4.78 is 10.7. The smallest absolute Gasteiger partial charge is 0.240 e. The number of amides is 1. The van der Waals surface area contributed by atoms with E-state index in [0.717, 1.165) is 23.3 Å². The number of methoxy groups -OCH3 is 2. The van der Waals surface area contributed by atoms with Gasteiger partial charge in [-0.15, -0.1) is 0 Å². The van der Waals surface area contributed by atoms with Gasteiger partial charge in [0, 0.05) is 12.0 Å². The number of para-hydroxylation sites is 1. The van der Waals surface area contributed by atoms with E-state index in [1.165, 1.54) is 38.5 Å². The average molecular weight is 356 g/mol. The Balaban J connectivity index is 1.38. The van der Waals surface area contributed by atoms with Crippen LogP contribution in [0, 0.1) is 23.2 Å². The summed E-state index contributed by atoms with van der Waals surface area (Å²) in [5.41, 5.74) is 3.75. The molecule has 4 aliphatic carbocycles. The number of hydrogen-bond donors (Lipinski definition) is 1. The molecule has 0 radical (unpaired) electrons. The molecule has 4 bridgehead atoms. The van der Waals surface area contributed by atoms with Gasteiger partial charge in [-0.1, -0.05) is 6.07 Å². The molecule has 1 N–H and O–H groups in total. The number of hydrogen-bond acceptors (Lipinski definition) is 4. The number of benzene rings is 1. The van der Waals surface area contributed by atoms with Gasteiger partial charge in [-0.05, 0) is 73.8 Å². The molecule has 5 heteroatoms. The van der Waals surface area contributed by atoms with E-state index in [0.29, 0.717) is 17.9 Å². The van der Waals surface area contributed by atoms with Crippen LogP contribution < -0.4 is 14.9 Å². The highest BCUT2D eigenvalue weighted by atomic mass is 16.5. The van der Waals surface area contributed by atoms with Crippen LogP contribution in [0.15, 0.2) is 23.3 Å². The lowest BCUT2D eigenvalue weighted by Crippen LogP contribution is -2.47. The fourth-order valence-electron chi connectivity index (χ4n) is 6.07. The lowest BCUT2D eigenvalue weighted by Gasteiger charge is -2.56. The molecule has 0 unspecified atom stereocenters. The quantitative estimate of drug-likeness (QED) is 0.624. The van der Waals surface area contributed by atoms with Crippen molar-refractivity contribution >= 4 is 12.1 Å². The summed E-state index contributed by atoms with van der Waals surface area (Å²) in [6.07, 6.45) is 10.1. The largest absolute Gasteiger partial charge is 0.493 e. The zero-order valence-electron chi connectivity index (χ0n) is 15.7. The SMILES string of the molecule is COc1cccc(/C=N\NC(=O)CC23CC4CC(CC(C4)C2)C3)c1OC. The minimum absolute atomic E-state index is 0.0325. The van der Waals surface area contributed by atoms with Crippen LogP contribution in [0.25, 0.3) is 0 Å². The molecular weight excluding hydrogens is 328 g/mol. The summed E-state index contributed by atoms with van der Waals surface area (Å²) in [6.45, 7) is 0. The summed E-state index contributed by atoms with van der Waals surface area (Å²) in [7, 11) is 3.20. The molecule has 1 aromatic carbocycles. The van der Waals surface area contributed by atoms with E-state index >= 15 is 0 Å². The maximum atomic E-state index is 12.5. The van der Waals surface area contributed by atoms with Crippen molar-refractivity contribution in [2.24, 2.45) is 28.3 Å². The maximum Gasteiger partial charge on any atom is 0.240 e. The second-order valence-corrected chi connectivity index (χ2v) is 8.47. The van der Waals surface area contributed by atoms with E-state index in [4.69, 9.17) is 9.47 Å². The molecule has 5 nitrogen and oxygen atoms in total. The van der Waals surface area contributed by atoms with Gasteiger partial charge in [0.05, 0.1) is 20.4 Å². The Morgan fingerprint density at radius 1 is 1.15 bits per heavy atom. The predicted molar refractivity (Wildman–Crippen MR) is 101 cm³/mol. The lowest BCUT2D eigenvalue weighted by atomic mass is 9.49. The van der Waals surface area contributed by atoms with Crippen molar-refractivity contribution in [2.75, 3.05) is 14.2 Å². The molecule has 4 fully saturated rings. The number of nitrogens with zero attached hydrogens (tertiary/aromatic N) is 1. The topological polar surface area (TPSA) is 59.9 Å². The second kappa shape index (κ2) is 6.93. The van der Waals surface area contributed by atoms with E-state index in [9.17, 15) is 4.79 Å². The van der Waals surface area contributed by atoms with Crippen molar-refractivity contribution < 1.29 is 14.3 Å². The van der Waals surface area contributed by atoms with Gasteiger partial charge < -0.3 is 9.47 Å². The number of carbonyl (C=O) groups is 1. The van der Waals surface area contributed by atoms with E-state index < -0.39 is 0 Å². The first-order valence-corrected chi connectivity index (χ1v) is 9.64. The average Bonchev–Trinajstić information content (AvgIpc) is 2.59. The molecule has 1 amide bonds. The third-order valence-electron chi connectivity index (χ3n) is 6.53. The van der Waals surface area contributed by atoms with Gasteiger partial charge in [-0.3, -0.25) is 4.79 Å². The molecule has 0 heterocycles. The maximum absolute atomic E-state index is 12.5. The molecule has 4 saturated carbocycles. The standard InChI is InChI=1S/C21H28N2O3/c1-25-18-5-3-4-17(20(18)26-2)13-22-23-19(24)12-21-9-14-6-15(10-21)8-16(7-14)11-21/h3-5,13-16H,6-12H2,1-2H3,(H,23,24)/b22-13-. The predicted octanol–water partition coefficient (Wildman–Crippen LogP) is 3.76. The molecule has 140 valence electrons. The molecule has 5 rings (SSSR count). The monoisotopic (exact) mass is 356 g/mol. The molecule has 26 heavy (non-hydrogen) atoms. The zero-order valence-corrected chi connectivity index (χ0v) is 15.7. The van der Waals surface area contributed by atoms with E-state index in [2.05, 4.69) is 10.5 Å². The van der Waals surface area contributed by atoms with Gasteiger partial charge in [0.1, 0.15) is 0 Å². The summed E-state index contributed by atoms with van der Waals surface area (Å²) in [4.78, 5) is 12.5. The molecule has 0 saturated heterocycles. The molecule has 0 spiro atoms. The highest BCUT2D eigenvalue weighted by Crippen LogP contribution is 2.61. The van der Waals surface area contributed by atoms with Crippen LogP contribution in [0.1, 0.15) is 50.5 Å². The highest BCUT2D eigenvalue weighted by molar-refractivity contribution is 5.86. The summed E-state index contributed by atoms with van der Waals surface area (Å²) in [6, 6.07) is 5.60. The van der Waals surface area contributed by atoms with Gasteiger partial charge in [-0.2, -0.15) is 5.10 Å². The number of hydrazone groups is 1. The van der Waals surface area contributed by atoms with Crippen molar-refractivity contribution in [3.05, 3.63) is 23.8 Å². The first-order chi connectivity index (χ1) is 12.6. The van der Waals surface area contributed by atoms with E-state index in [1.54, 1.807) is 20.4 Å². The number of nitrogens with one attached hydrogen (secondary N) is 1. The van der Waals surface area contributed by atoms with Crippen LogP contribution in [0.2, 0.25) is 0 Å². The number of carbonyl (C=O) groups excluding carboxylic acids is 1. The summed E-state index contributed by atoms with van der Waals surface area (Å²) in [5.74, 6) is 3.88. The fourth-order valence-corrected chi connectivity index (χ4v) is 6.07. The van der Waals surface area contributed by atoms with Crippen molar-refractivity contribution in [1.82, 2.24) is 5.43 Å². The Labute approximate surface area is 155 Å². The molecule has 0 atom stereocenters. The van der Waals surface area contributed by atoms with E-state index in [-0.39, 0.29) is 11.3 Å². The van der Waals surface area contributed by atoms with Gasteiger partial charge in [0.2, 0.25) is 5.91 Å². The summed E-state index contributed by atoms with van der Waals surface area (Å²) in [5, 5.41) is 4.16.